The first kappa shape index (κ1) is 16.7. The van der Waals surface area contributed by atoms with Crippen molar-refractivity contribution in [2.24, 2.45) is 0 Å². The molecule has 2 aromatic heterocycles. The Morgan fingerprint density at radius 1 is 1.12 bits per heavy atom. The molecule has 1 fully saturated rings. The summed E-state index contributed by atoms with van der Waals surface area (Å²) in [5, 5.41) is 11.9. The standard InChI is InChI=1S/C18H27N5O/c1-12-15(10-20-23(12)18(3,4)5)17(24)21-16-11-19-22(13(16)2)14-8-6-7-9-14/h10-11,14H,6-9H2,1-5H3,(H,21,24). The lowest BCUT2D eigenvalue weighted by Crippen LogP contribution is -2.25. The molecule has 0 saturated heterocycles. The van der Waals surface area contributed by atoms with Gasteiger partial charge < -0.3 is 5.32 Å². The van der Waals surface area contributed by atoms with E-state index in [0.29, 0.717) is 11.6 Å². The van der Waals surface area contributed by atoms with Crippen LogP contribution in [0.5, 0.6) is 0 Å². The summed E-state index contributed by atoms with van der Waals surface area (Å²) in [6.45, 7) is 10.2. The minimum Gasteiger partial charge on any atom is -0.319 e. The molecule has 0 unspecified atom stereocenters. The van der Waals surface area contributed by atoms with Gasteiger partial charge in [0.05, 0.1) is 40.9 Å². The molecule has 0 atom stereocenters. The summed E-state index contributed by atoms with van der Waals surface area (Å²) in [7, 11) is 0. The molecule has 0 aromatic carbocycles. The first-order valence-electron chi connectivity index (χ1n) is 8.69. The molecule has 1 aliphatic rings. The third-order valence-electron chi connectivity index (χ3n) is 4.85. The molecule has 0 aliphatic heterocycles. The number of anilines is 1. The Bertz CT molecular complexity index is 744. The molecule has 130 valence electrons. The van der Waals surface area contributed by atoms with Gasteiger partial charge in [-0.15, -0.1) is 0 Å². The highest BCUT2D eigenvalue weighted by molar-refractivity contribution is 6.05. The topological polar surface area (TPSA) is 64.7 Å². The Balaban J connectivity index is 1.80. The van der Waals surface area contributed by atoms with Crippen LogP contribution in [0, 0.1) is 13.8 Å². The summed E-state index contributed by atoms with van der Waals surface area (Å²) >= 11 is 0. The fraction of sp³-hybridized carbons (Fsp3) is 0.611. The van der Waals surface area contributed by atoms with Gasteiger partial charge in [0.15, 0.2) is 0 Å². The maximum Gasteiger partial charge on any atom is 0.259 e. The van der Waals surface area contributed by atoms with Crippen LogP contribution in [-0.2, 0) is 5.54 Å². The van der Waals surface area contributed by atoms with E-state index in [1.807, 2.05) is 18.5 Å². The highest BCUT2D eigenvalue weighted by Crippen LogP contribution is 2.31. The van der Waals surface area contributed by atoms with Gasteiger partial charge >= 0.3 is 0 Å². The Hall–Kier alpha value is -2.11. The molecule has 3 rings (SSSR count). The molecule has 0 spiro atoms. The Labute approximate surface area is 143 Å². The summed E-state index contributed by atoms with van der Waals surface area (Å²) < 4.78 is 3.95. The fourth-order valence-electron chi connectivity index (χ4n) is 3.56. The van der Waals surface area contributed by atoms with Crippen LogP contribution in [-0.4, -0.2) is 25.5 Å². The van der Waals surface area contributed by atoms with Crippen molar-refractivity contribution in [2.75, 3.05) is 5.32 Å². The van der Waals surface area contributed by atoms with Crippen molar-refractivity contribution in [1.82, 2.24) is 19.6 Å². The molecule has 1 saturated carbocycles. The highest BCUT2D eigenvalue weighted by Gasteiger charge is 2.24. The quantitative estimate of drug-likeness (QED) is 0.931. The van der Waals surface area contributed by atoms with Gasteiger partial charge in [-0.25, -0.2) is 0 Å². The van der Waals surface area contributed by atoms with Crippen LogP contribution in [0.25, 0.3) is 0 Å². The van der Waals surface area contributed by atoms with Crippen LogP contribution in [0.15, 0.2) is 12.4 Å². The largest absolute Gasteiger partial charge is 0.319 e. The second-order valence-corrected chi connectivity index (χ2v) is 7.71. The number of aromatic nitrogens is 4. The lowest BCUT2D eigenvalue weighted by molar-refractivity contribution is 0.102. The maximum atomic E-state index is 12.7. The van der Waals surface area contributed by atoms with E-state index in [9.17, 15) is 4.79 Å². The molecule has 1 N–H and O–H groups in total. The first-order valence-corrected chi connectivity index (χ1v) is 8.69. The lowest BCUT2D eigenvalue weighted by Gasteiger charge is -2.21. The number of hydrogen-bond donors (Lipinski definition) is 1. The number of amides is 1. The van der Waals surface area contributed by atoms with E-state index in [4.69, 9.17) is 0 Å². The summed E-state index contributed by atoms with van der Waals surface area (Å²) in [6, 6.07) is 0.473. The van der Waals surface area contributed by atoms with Gasteiger partial charge in [0.25, 0.3) is 5.91 Å². The molecule has 1 amide bonds. The van der Waals surface area contributed by atoms with E-state index in [-0.39, 0.29) is 11.4 Å². The molecule has 2 aromatic rings. The third kappa shape index (κ3) is 2.97. The number of nitrogens with zero attached hydrogens (tertiary/aromatic N) is 4. The van der Waals surface area contributed by atoms with E-state index >= 15 is 0 Å². The second-order valence-electron chi connectivity index (χ2n) is 7.71. The summed E-state index contributed by atoms with van der Waals surface area (Å²) in [4.78, 5) is 12.7. The average Bonchev–Trinajstić information content (AvgIpc) is 3.19. The lowest BCUT2D eigenvalue weighted by atomic mass is 10.1. The molecule has 0 bridgehead atoms. The zero-order valence-corrected chi connectivity index (χ0v) is 15.3. The molecule has 2 heterocycles. The number of carbonyl (C=O) groups excluding carboxylic acids is 1. The van der Waals surface area contributed by atoms with Crippen LogP contribution in [0.2, 0.25) is 0 Å². The van der Waals surface area contributed by atoms with Gasteiger partial charge in [-0.1, -0.05) is 12.8 Å². The van der Waals surface area contributed by atoms with E-state index in [2.05, 4.69) is 41.0 Å². The number of carbonyl (C=O) groups is 1. The van der Waals surface area contributed by atoms with E-state index in [1.165, 1.54) is 25.7 Å². The van der Waals surface area contributed by atoms with Crippen LogP contribution < -0.4 is 5.32 Å². The second kappa shape index (κ2) is 6.07. The molecule has 6 heteroatoms. The molecule has 1 aliphatic carbocycles. The van der Waals surface area contributed by atoms with Crippen molar-refractivity contribution < 1.29 is 4.79 Å². The predicted octanol–water partition coefficient (Wildman–Crippen LogP) is 3.82. The van der Waals surface area contributed by atoms with E-state index in [0.717, 1.165) is 17.1 Å². The molecule has 24 heavy (non-hydrogen) atoms. The number of hydrogen-bond acceptors (Lipinski definition) is 3. The zero-order valence-electron chi connectivity index (χ0n) is 15.3. The third-order valence-corrected chi connectivity index (χ3v) is 4.85. The molecular formula is C18H27N5O. The molecular weight excluding hydrogens is 302 g/mol. The summed E-state index contributed by atoms with van der Waals surface area (Å²) in [5.74, 6) is -0.128. The van der Waals surface area contributed by atoms with Crippen molar-refractivity contribution in [3.63, 3.8) is 0 Å². The maximum absolute atomic E-state index is 12.7. The van der Waals surface area contributed by atoms with Crippen molar-refractivity contribution in [2.45, 2.75) is 71.9 Å². The summed E-state index contributed by atoms with van der Waals surface area (Å²) in [6.07, 6.45) is 8.27. The van der Waals surface area contributed by atoms with Crippen molar-refractivity contribution in [1.29, 1.82) is 0 Å². The van der Waals surface area contributed by atoms with Gasteiger partial charge in [-0.2, -0.15) is 10.2 Å². The van der Waals surface area contributed by atoms with Gasteiger partial charge in [0.2, 0.25) is 0 Å². The van der Waals surface area contributed by atoms with Crippen LogP contribution in [0.1, 0.15) is 74.2 Å². The van der Waals surface area contributed by atoms with Gasteiger partial charge in [-0.05, 0) is 47.5 Å². The van der Waals surface area contributed by atoms with Gasteiger partial charge in [-0.3, -0.25) is 14.2 Å². The van der Waals surface area contributed by atoms with Gasteiger partial charge in [0.1, 0.15) is 0 Å². The Morgan fingerprint density at radius 3 is 2.38 bits per heavy atom. The number of rotatable bonds is 3. The molecule has 0 radical (unpaired) electrons. The smallest absolute Gasteiger partial charge is 0.259 e. The molecule has 6 nitrogen and oxygen atoms in total. The normalized spacial score (nSPS) is 15.9. The minimum atomic E-state index is -0.147. The van der Waals surface area contributed by atoms with Crippen LogP contribution in [0.3, 0.4) is 0 Å². The zero-order chi connectivity index (χ0) is 17.5. The van der Waals surface area contributed by atoms with E-state index in [1.54, 1.807) is 12.4 Å². The monoisotopic (exact) mass is 329 g/mol. The minimum absolute atomic E-state index is 0.128. The van der Waals surface area contributed by atoms with Crippen LogP contribution in [0.4, 0.5) is 5.69 Å². The predicted molar refractivity (Wildman–Crippen MR) is 94.4 cm³/mol. The van der Waals surface area contributed by atoms with Crippen molar-refractivity contribution in [3.8, 4) is 0 Å². The van der Waals surface area contributed by atoms with Gasteiger partial charge in [0, 0.05) is 5.69 Å². The number of nitrogens with one attached hydrogen (secondary N) is 1. The van der Waals surface area contributed by atoms with Crippen molar-refractivity contribution in [3.05, 3.63) is 29.3 Å². The Kier molecular flexibility index (Phi) is 4.24. The SMILES string of the molecule is Cc1c(NC(=O)c2cnn(C(C)(C)C)c2C)cnn1C1CCCC1. The Morgan fingerprint density at radius 2 is 1.79 bits per heavy atom. The fourth-order valence-corrected chi connectivity index (χ4v) is 3.56. The highest BCUT2D eigenvalue weighted by atomic mass is 16.1. The first-order chi connectivity index (χ1) is 11.3. The van der Waals surface area contributed by atoms with Crippen LogP contribution >= 0.6 is 0 Å². The van der Waals surface area contributed by atoms with E-state index < -0.39 is 0 Å². The summed E-state index contributed by atoms with van der Waals surface area (Å²) in [5.41, 5.74) is 3.15. The average molecular weight is 329 g/mol. The van der Waals surface area contributed by atoms with Crippen molar-refractivity contribution >= 4 is 11.6 Å².